The second kappa shape index (κ2) is 7.26. The van der Waals surface area contributed by atoms with Gasteiger partial charge in [0.05, 0.1) is 0 Å². The van der Waals surface area contributed by atoms with Gasteiger partial charge in [-0.05, 0) is 49.3 Å². The fourth-order valence-corrected chi connectivity index (χ4v) is 3.21. The van der Waals surface area contributed by atoms with E-state index in [0.717, 1.165) is 37.3 Å². The standard InChI is InChI=1S/C18H31N3/c1-13(2)9-19-10-17-6-7-18(20-11-17)21-12-14(3)8-15(4)16(21)5/h6-7,11,13-16,19H,8-10,12H2,1-5H3. The number of piperidine rings is 1. The third-order valence-corrected chi connectivity index (χ3v) is 4.58. The van der Waals surface area contributed by atoms with Gasteiger partial charge in [-0.1, -0.05) is 33.8 Å². The average Bonchev–Trinajstić information content (AvgIpc) is 2.43. The summed E-state index contributed by atoms with van der Waals surface area (Å²) in [5, 5.41) is 3.47. The minimum Gasteiger partial charge on any atom is -0.353 e. The van der Waals surface area contributed by atoms with Crippen molar-refractivity contribution in [2.75, 3.05) is 18.0 Å². The van der Waals surface area contributed by atoms with E-state index in [-0.39, 0.29) is 0 Å². The zero-order chi connectivity index (χ0) is 15.4. The fourth-order valence-electron chi connectivity index (χ4n) is 3.21. The Morgan fingerprint density at radius 1 is 1.29 bits per heavy atom. The van der Waals surface area contributed by atoms with E-state index in [0.29, 0.717) is 12.0 Å². The van der Waals surface area contributed by atoms with Gasteiger partial charge in [0.1, 0.15) is 5.82 Å². The topological polar surface area (TPSA) is 28.2 Å². The highest BCUT2D eigenvalue weighted by atomic mass is 15.2. The van der Waals surface area contributed by atoms with Crippen LogP contribution in [0.5, 0.6) is 0 Å². The Hall–Kier alpha value is -1.09. The normalized spacial score (nSPS) is 26.4. The number of rotatable bonds is 5. The van der Waals surface area contributed by atoms with E-state index in [4.69, 9.17) is 4.98 Å². The molecule has 0 radical (unpaired) electrons. The van der Waals surface area contributed by atoms with Crippen molar-refractivity contribution in [1.29, 1.82) is 0 Å². The van der Waals surface area contributed by atoms with E-state index in [1.54, 1.807) is 0 Å². The second-order valence-electron chi connectivity index (χ2n) is 7.26. The highest BCUT2D eigenvalue weighted by Crippen LogP contribution is 2.30. The number of aromatic nitrogens is 1. The Balaban J connectivity index is 1.97. The molecule has 3 atom stereocenters. The Morgan fingerprint density at radius 2 is 2.05 bits per heavy atom. The van der Waals surface area contributed by atoms with Crippen LogP contribution in [0.3, 0.4) is 0 Å². The minimum absolute atomic E-state index is 0.582. The lowest BCUT2D eigenvalue weighted by Gasteiger charge is -2.41. The maximum atomic E-state index is 4.71. The summed E-state index contributed by atoms with van der Waals surface area (Å²) >= 11 is 0. The largest absolute Gasteiger partial charge is 0.353 e. The molecule has 1 aliphatic rings. The molecule has 1 aliphatic heterocycles. The molecule has 118 valence electrons. The SMILES string of the molecule is CC(C)CNCc1ccc(N2CC(C)CC(C)C2C)nc1. The second-order valence-corrected chi connectivity index (χ2v) is 7.26. The molecule has 0 aliphatic carbocycles. The van der Waals surface area contributed by atoms with Crippen LogP contribution in [0.4, 0.5) is 5.82 Å². The van der Waals surface area contributed by atoms with Gasteiger partial charge in [-0.3, -0.25) is 0 Å². The molecule has 0 aromatic carbocycles. The van der Waals surface area contributed by atoms with Crippen molar-refractivity contribution >= 4 is 5.82 Å². The van der Waals surface area contributed by atoms with E-state index in [9.17, 15) is 0 Å². The molecule has 3 heteroatoms. The van der Waals surface area contributed by atoms with Crippen LogP contribution in [0.2, 0.25) is 0 Å². The van der Waals surface area contributed by atoms with Crippen LogP contribution in [-0.4, -0.2) is 24.1 Å². The highest BCUT2D eigenvalue weighted by molar-refractivity contribution is 5.41. The third-order valence-electron chi connectivity index (χ3n) is 4.58. The van der Waals surface area contributed by atoms with Crippen LogP contribution in [0.1, 0.15) is 46.6 Å². The first-order chi connectivity index (χ1) is 9.97. The van der Waals surface area contributed by atoms with E-state index in [2.05, 4.69) is 57.0 Å². The maximum Gasteiger partial charge on any atom is 0.128 e. The lowest BCUT2D eigenvalue weighted by Crippen LogP contribution is -2.46. The summed E-state index contributed by atoms with van der Waals surface area (Å²) < 4.78 is 0. The number of hydrogen-bond acceptors (Lipinski definition) is 3. The van der Waals surface area contributed by atoms with Gasteiger partial charge in [-0.25, -0.2) is 4.98 Å². The molecular weight excluding hydrogens is 258 g/mol. The molecule has 2 heterocycles. The van der Waals surface area contributed by atoms with Gasteiger partial charge in [0, 0.05) is 25.3 Å². The Kier molecular flexibility index (Phi) is 5.63. The smallest absolute Gasteiger partial charge is 0.128 e. The number of pyridine rings is 1. The van der Waals surface area contributed by atoms with Crippen LogP contribution < -0.4 is 10.2 Å². The van der Waals surface area contributed by atoms with Crippen molar-refractivity contribution in [3.63, 3.8) is 0 Å². The van der Waals surface area contributed by atoms with Crippen LogP contribution in [0.25, 0.3) is 0 Å². The number of hydrogen-bond donors (Lipinski definition) is 1. The quantitative estimate of drug-likeness (QED) is 0.896. The monoisotopic (exact) mass is 289 g/mol. The molecule has 0 bridgehead atoms. The average molecular weight is 289 g/mol. The molecule has 1 aromatic heterocycles. The van der Waals surface area contributed by atoms with Crippen LogP contribution >= 0.6 is 0 Å². The van der Waals surface area contributed by atoms with E-state index in [1.807, 2.05) is 6.20 Å². The Labute approximate surface area is 130 Å². The van der Waals surface area contributed by atoms with Crippen molar-refractivity contribution in [3.05, 3.63) is 23.9 Å². The summed E-state index contributed by atoms with van der Waals surface area (Å²) in [5.41, 5.74) is 1.27. The zero-order valence-corrected chi connectivity index (χ0v) is 14.3. The molecule has 0 amide bonds. The van der Waals surface area contributed by atoms with Gasteiger partial charge in [0.15, 0.2) is 0 Å². The zero-order valence-electron chi connectivity index (χ0n) is 14.3. The summed E-state index contributed by atoms with van der Waals surface area (Å²) in [6.45, 7) is 14.6. The molecular formula is C18H31N3. The molecule has 1 aromatic rings. The van der Waals surface area contributed by atoms with Crippen molar-refractivity contribution in [2.24, 2.45) is 17.8 Å². The summed E-state index contributed by atoms with van der Waals surface area (Å²) in [5.74, 6) is 3.32. The van der Waals surface area contributed by atoms with Gasteiger partial charge >= 0.3 is 0 Å². The lowest BCUT2D eigenvalue weighted by molar-refractivity contribution is 0.295. The van der Waals surface area contributed by atoms with Gasteiger partial charge in [-0.15, -0.1) is 0 Å². The Morgan fingerprint density at radius 3 is 2.67 bits per heavy atom. The summed E-state index contributed by atoms with van der Waals surface area (Å²) in [7, 11) is 0. The molecule has 1 fully saturated rings. The molecule has 3 unspecified atom stereocenters. The van der Waals surface area contributed by atoms with Crippen LogP contribution in [0.15, 0.2) is 18.3 Å². The number of nitrogens with zero attached hydrogens (tertiary/aromatic N) is 2. The number of nitrogens with one attached hydrogen (secondary N) is 1. The first kappa shape index (κ1) is 16.3. The summed E-state index contributed by atoms with van der Waals surface area (Å²) in [6.07, 6.45) is 3.36. The maximum absolute atomic E-state index is 4.71. The first-order valence-corrected chi connectivity index (χ1v) is 8.39. The minimum atomic E-state index is 0.582. The molecule has 1 N–H and O–H groups in total. The first-order valence-electron chi connectivity index (χ1n) is 8.39. The summed E-state index contributed by atoms with van der Waals surface area (Å²) in [6, 6.07) is 4.98. The van der Waals surface area contributed by atoms with Crippen LogP contribution in [-0.2, 0) is 6.54 Å². The van der Waals surface area contributed by atoms with Crippen LogP contribution in [0, 0.1) is 17.8 Å². The van der Waals surface area contributed by atoms with Gasteiger partial charge in [0.2, 0.25) is 0 Å². The van der Waals surface area contributed by atoms with Gasteiger partial charge in [0.25, 0.3) is 0 Å². The predicted octanol–water partition coefficient (Wildman–Crippen LogP) is 3.70. The molecule has 0 spiro atoms. The molecule has 2 rings (SSSR count). The van der Waals surface area contributed by atoms with Gasteiger partial charge in [-0.2, -0.15) is 0 Å². The molecule has 1 saturated heterocycles. The van der Waals surface area contributed by atoms with Crippen molar-refractivity contribution in [1.82, 2.24) is 10.3 Å². The fraction of sp³-hybridized carbons (Fsp3) is 0.722. The third kappa shape index (κ3) is 4.44. The van der Waals surface area contributed by atoms with Crippen molar-refractivity contribution < 1.29 is 0 Å². The van der Waals surface area contributed by atoms with Crippen molar-refractivity contribution in [2.45, 2.75) is 53.6 Å². The van der Waals surface area contributed by atoms with E-state index < -0.39 is 0 Å². The van der Waals surface area contributed by atoms with E-state index in [1.165, 1.54) is 12.0 Å². The van der Waals surface area contributed by atoms with Gasteiger partial charge < -0.3 is 10.2 Å². The number of anilines is 1. The lowest BCUT2D eigenvalue weighted by atomic mass is 9.86. The molecule has 21 heavy (non-hydrogen) atoms. The Bertz CT molecular complexity index is 427. The molecule has 0 saturated carbocycles. The predicted molar refractivity (Wildman–Crippen MR) is 90.5 cm³/mol. The summed E-state index contributed by atoms with van der Waals surface area (Å²) in [4.78, 5) is 7.18. The van der Waals surface area contributed by atoms with E-state index >= 15 is 0 Å². The highest BCUT2D eigenvalue weighted by Gasteiger charge is 2.29. The van der Waals surface area contributed by atoms with Crippen molar-refractivity contribution in [3.8, 4) is 0 Å². The molecule has 3 nitrogen and oxygen atoms in total.